The minimum absolute atomic E-state index is 0.266. The van der Waals surface area contributed by atoms with Crippen molar-refractivity contribution in [1.82, 2.24) is 14.5 Å². The van der Waals surface area contributed by atoms with Crippen molar-refractivity contribution in [3.05, 3.63) is 42.5 Å². The number of anilines is 1. The van der Waals surface area contributed by atoms with Gasteiger partial charge >= 0.3 is 0 Å². The van der Waals surface area contributed by atoms with Crippen molar-refractivity contribution in [3.8, 4) is 5.69 Å². The van der Waals surface area contributed by atoms with Crippen LogP contribution in [0.25, 0.3) is 5.69 Å². The van der Waals surface area contributed by atoms with Crippen LogP contribution in [0.5, 0.6) is 0 Å². The van der Waals surface area contributed by atoms with Gasteiger partial charge in [0, 0.05) is 44.5 Å². The zero-order chi connectivity index (χ0) is 15.8. The number of carbonyl (C=O) groups is 1. The number of amides is 1. The molecular formula is C17H19FN4O. The number of benzene rings is 1. The molecule has 1 aromatic carbocycles. The Morgan fingerprint density at radius 2 is 1.87 bits per heavy atom. The van der Waals surface area contributed by atoms with Crippen LogP contribution in [0.15, 0.2) is 36.7 Å². The lowest BCUT2D eigenvalue weighted by Gasteiger charge is -2.35. The van der Waals surface area contributed by atoms with Crippen molar-refractivity contribution in [2.24, 2.45) is 5.92 Å². The minimum atomic E-state index is -0.269. The van der Waals surface area contributed by atoms with E-state index in [2.05, 4.69) is 9.88 Å². The van der Waals surface area contributed by atoms with Crippen LogP contribution in [-0.4, -0.2) is 46.5 Å². The van der Waals surface area contributed by atoms with E-state index in [1.54, 1.807) is 29.1 Å². The summed E-state index contributed by atoms with van der Waals surface area (Å²) in [6, 6.07) is 6.69. The summed E-state index contributed by atoms with van der Waals surface area (Å²) in [6.07, 6.45) is 5.53. The largest absolute Gasteiger partial charge is 0.339 e. The third-order valence-corrected chi connectivity index (χ3v) is 4.53. The molecule has 1 amide bonds. The Labute approximate surface area is 134 Å². The molecule has 2 fully saturated rings. The maximum Gasteiger partial charge on any atom is 0.225 e. The highest BCUT2D eigenvalue weighted by Crippen LogP contribution is 2.31. The summed E-state index contributed by atoms with van der Waals surface area (Å²) in [7, 11) is 0. The van der Waals surface area contributed by atoms with Gasteiger partial charge in [0.1, 0.15) is 5.82 Å². The highest BCUT2D eigenvalue weighted by Gasteiger charge is 2.35. The van der Waals surface area contributed by atoms with E-state index < -0.39 is 0 Å². The molecule has 23 heavy (non-hydrogen) atoms. The van der Waals surface area contributed by atoms with Crippen LogP contribution in [0.1, 0.15) is 12.8 Å². The van der Waals surface area contributed by atoms with Crippen molar-refractivity contribution < 1.29 is 9.18 Å². The molecule has 0 bridgehead atoms. The maximum atomic E-state index is 14.0. The molecule has 1 aliphatic carbocycles. The van der Waals surface area contributed by atoms with E-state index in [9.17, 15) is 9.18 Å². The fraction of sp³-hybridized carbons (Fsp3) is 0.412. The molecule has 1 aliphatic heterocycles. The zero-order valence-electron chi connectivity index (χ0n) is 12.9. The quantitative estimate of drug-likeness (QED) is 0.871. The molecule has 2 aliphatic rings. The lowest BCUT2D eigenvalue weighted by Crippen LogP contribution is -2.49. The number of aromatic nitrogens is 2. The number of halogens is 1. The van der Waals surface area contributed by atoms with Crippen LogP contribution in [0, 0.1) is 11.7 Å². The Hall–Kier alpha value is -2.37. The molecule has 0 radical (unpaired) electrons. The average Bonchev–Trinajstić information content (AvgIpc) is 3.32. The summed E-state index contributed by atoms with van der Waals surface area (Å²) < 4.78 is 15.8. The molecule has 5 nitrogen and oxygen atoms in total. The number of hydrogen-bond donors (Lipinski definition) is 0. The molecule has 0 spiro atoms. The molecule has 1 saturated carbocycles. The molecule has 4 rings (SSSR count). The fourth-order valence-corrected chi connectivity index (χ4v) is 3.08. The average molecular weight is 314 g/mol. The molecule has 0 unspecified atom stereocenters. The van der Waals surface area contributed by atoms with Gasteiger partial charge in [0.2, 0.25) is 11.9 Å². The molecule has 2 aromatic rings. The first-order chi connectivity index (χ1) is 11.2. The number of nitrogens with zero attached hydrogens (tertiary/aromatic N) is 4. The van der Waals surface area contributed by atoms with Crippen LogP contribution in [0.4, 0.5) is 10.3 Å². The Kier molecular flexibility index (Phi) is 3.52. The van der Waals surface area contributed by atoms with Gasteiger partial charge < -0.3 is 9.80 Å². The van der Waals surface area contributed by atoms with Gasteiger partial charge in [-0.15, -0.1) is 0 Å². The molecular weight excluding hydrogens is 295 g/mol. The van der Waals surface area contributed by atoms with Gasteiger partial charge in [-0.1, -0.05) is 12.1 Å². The lowest BCUT2D eigenvalue weighted by molar-refractivity contribution is -0.132. The Balaban J connectivity index is 1.51. The van der Waals surface area contributed by atoms with Crippen LogP contribution in [0.3, 0.4) is 0 Å². The number of para-hydroxylation sites is 1. The molecule has 1 aromatic heterocycles. The summed E-state index contributed by atoms with van der Waals surface area (Å²) in [5.41, 5.74) is 0.497. The summed E-state index contributed by atoms with van der Waals surface area (Å²) in [6.45, 7) is 2.87. The van der Waals surface area contributed by atoms with Crippen molar-refractivity contribution >= 4 is 11.9 Å². The smallest absolute Gasteiger partial charge is 0.225 e. The van der Waals surface area contributed by atoms with Gasteiger partial charge in [-0.2, -0.15) is 0 Å². The zero-order valence-corrected chi connectivity index (χ0v) is 12.9. The maximum absolute atomic E-state index is 14.0. The van der Waals surface area contributed by atoms with E-state index >= 15 is 0 Å². The first-order valence-electron chi connectivity index (χ1n) is 8.06. The standard InChI is InChI=1S/C17H19FN4O/c18-14-3-1-2-4-15(14)22-8-7-19-17(22)21-11-9-20(10-12-21)16(23)13-5-6-13/h1-4,7-8,13H,5-6,9-12H2. The van der Waals surface area contributed by atoms with Gasteiger partial charge in [0.15, 0.2) is 0 Å². The first-order valence-corrected chi connectivity index (χ1v) is 8.06. The number of hydrogen-bond acceptors (Lipinski definition) is 3. The lowest BCUT2D eigenvalue weighted by atomic mass is 10.2. The number of rotatable bonds is 3. The fourth-order valence-electron chi connectivity index (χ4n) is 3.08. The highest BCUT2D eigenvalue weighted by molar-refractivity contribution is 5.81. The molecule has 1 saturated heterocycles. The molecule has 120 valence electrons. The van der Waals surface area contributed by atoms with Gasteiger partial charge in [-0.25, -0.2) is 9.37 Å². The highest BCUT2D eigenvalue weighted by atomic mass is 19.1. The Bertz CT molecular complexity index is 717. The van der Waals surface area contributed by atoms with E-state index in [1.807, 2.05) is 11.0 Å². The second-order valence-electron chi connectivity index (χ2n) is 6.14. The van der Waals surface area contributed by atoms with Crippen molar-refractivity contribution in [2.45, 2.75) is 12.8 Å². The van der Waals surface area contributed by atoms with Crippen LogP contribution in [-0.2, 0) is 4.79 Å². The molecule has 0 atom stereocenters. The molecule has 2 heterocycles. The van der Waals surface area contributed by atoms with Gasteiger partial charge in [-0.3, -0.25) is 9.36 Å². The van der Waals surface area contributed by atoms with Gasteiger partial charge in [0.05, 0.1) is 5.69 Å². The predicted octanol–water partition coefficient (Wildman–Crippen LogP) is 2.07. The van der Waals surface area contributed by atoms with Crippen LogP contribution < -0.4 is 4.90 Å². The first kappa shape index (κ1) is 14.2. The molecule has 6 heteroatoms. The number of carbonyl (C=O) groups excluding carboxylic acids is 1. The Morgan fingerprint density at radius 3 is 2.57 bits per heavy atom. The van der Waals surface area contributed by atoms with Gasteiger partial charge in [0.25, 0.3) is 0 Å². The predicted molar refractivity (Wildman–Crippen MR) is 85.0 cm³/mol. The van der Waals surface area contributed by atoms with E-state index in [4.69, 9.17) is 0 Å². The number of piperazine rings is 1. The summed E-state index contributed by atoms with van der Waals surface area (Å²) >= 11 is 0. The van der Waals surface area contributed by atoms with Crippen LogP contribution >= 0.6 is 0 Å². The van der Waals surface area contributed by atoms with Gasteiger partial charge in [-0.05, 0) is 25.0 Å². The molecule has 0 N–H and O–H groups in total. The van der Waals surface area contributed by atoms with E-state index in [1.165, 1.54) is 6.07 Å². The third-order valence-electron chi connectivity index (χ3n) is 4.53. The second kappa shape index (κ2) is 5.68. The topological polar surface area (TPSA) is 41.4 Å². The Morgan fingerprint density at radius 1 is 1.13 bits per heavy atom. The second-order valence-corrected chi connectivity index (χ2v) is 6.14. The van der Waals surface area contributed by atoms with E-state index in [-0.39, 0.29) is 11.7 Å². The van der Waals surface area contributed by atoms with E-state index in [0.29, 0.717) is 24.7 Å². The van der Waals surface area contributed by atoms with Crippen molar-refractivity contribution in [1.29, 1.82) is 0 Å². The SMILES string of the molecule is O=C(C1CC1)N1CCN(c2nccn2-c2ccccc2F)CC1. The van der Waals surface area contributed by atoms with Crippen molar-refractivity contribution in [2.75, 3.05) is 31.1 Å². The van der Waals surface area contributed by atoms with Crippen molar-refractivity contribution in [3.63, 3.8) is 0 Å². The normalized spacial score (nSPS) is 18.3. The van der Waals surface area contributed by atoms with E-state index in [0.717, 1.165) is 31.9 Å². The minimum Gasteiger partial charge on any atom is -0.339 e. The summed E-state index contributed by atoms with van der Waals surface area (Å²) in [5, 5.41) is 0. The summed E-state index contributed by atoms with van der Waals surface area (Å²) in [5.74, 6) is 1.02. The summed E-state index contributed by atoms with van der Waals surface area (Å²) in [4.78, 5) is 20.6. The number of imidazole rings is 1. The van der Waals surface area contributed by atoms with Crippen LogP contribution in [0.2, 0.25) is 0 Å². The monoisotopic (exact) mass is 314 g/mol. The third kappa shape index (κ3) is 2.69.